The number of aryl methyl sites for hydroxylation is 1. The molecule has 1 atom stereocenters. The van der Waals surface area contributed by atoms with Gasteiger partial charge in [0.1, 0.15) is 0 Å². The number of carbonyl (C=O) groups is 2. The summed E-state index contributed by atoms with van der Waals surface area (Å²) in [5, 5.41) is 21.3. The number of aliphatic hydroxyl groups is 2. The molecule has 0 aromatic heterocycles. The Kier molecular flexibility index (Phi) is 2.24. The first kappa shape index (κ1) is 11.0. The smallest absolute Gasteiger partial charge is 0.293 e. The molecule has 1 aliphatic carbocycles. The van der Waals surface area contributed by atoms with Gasteiger partial charge >= 0.3 is 0 Å². The average molecular weight is 245 g/mol. The molecular weight excluding hydrogens is 234 g/mol. The predicted octanol–water partition coefficient (Wildman–Crippen LogP) is 0.592. The van der Waals surface area contributed by atoms with Crippen LogP contribution < -0.4 is 5.32 Å². The summed E-state index contributed by atoms with van der Waals surface area (Å²) in [6, 6.07) is 5.12. The zero-order valence-corrected chi connectivity index (χ0v) is 9.43. The van der Waals surface area contributed by atoms with Crippen LogP contribution in [0.4, 0.5) is 0 Å². The number of fused-ring (bicyclic) bond motifs is 1. The van der Waals surface area contributed by atoms with Gasteiger partial charge in [-0.05, 0) is 29.5 Å². The number of hydrogen-bond donors (Lipinski definition) is 3. The van der Waals surface area contributed by atoms with Crippen molar-refractivity contribution in [1.82, 2.24) is 5.32 Å². The molecule has 0 radical (unpaired) electrons. The fourth-order valence-corrected chi connectivity index (χ4v) is 2.46. The normalized spacial score (nSPS) is 22.4. The largest absolute Gasteiger partial charge is 0.502 e. The summed E-state index contributed by atoms with van der Waals surface area (Å²) in [7, 11) is 0. The van der Waals surface area contributed by atoms with Crippen LogP contribution in [0.3, 0.4) is 0 Å². The summed E-state index contributed by atoms with van der Waals surface area (Å²) in [6.45, 7) is 0. The highest BCUT2D eigenvalue weighted by Crippen LogP contribution is 2.33. The second-order valence-electron chi connectivity index (χ2n) is 4.47. The molecule has 5 heteroatoms. The van der Waals surface area contributed by atoms with Crippen LogP contribution in [0.5, 0.6) is 0 Å². The Morgan fingerprint density at radius 2 is 2.00 bits per heavy atom. The van der Waals surface area contributed by atoms with Gasteiger partial charge in [0.15, 0.2) is 5.76 Å². The molecule has 18 heavy (non-hydrogen) atoms. The number of hydrogen-bond acceptors (Lipinski definition) is 4. The van der Waals surface area contributed by atoms with E-state index in [4.69, 9.17) is 0 Å². The molecule has 0 saturated heterocycles. The highest BCUT2D eigenvalue weighted by Gasteiger charge is 2.32. The summed E-state index contributed by atoms with van der Waals surface area (Å²) < 4.78 is 0. The van der Waals surface area contributed by atoms with Gasteiger partial charge in [-0.15, -0.1) is 0 Å². The number of rotatable bonds is 1. The van der Waals surface area contributed by atoms with E-state index in [0.29, 0.717) is 12.0 Å². The van der Waals surface area contributed by atoms with Gasteiger partial charge < -0.3 is 10.2 Å². The standard InChI is InChI=1S/C13H11NO4/c15-9-4-2-6-5-7(1-3-8(6)9)10-11(16)13(18)14-12(10)17/h1,3,5,9,15H,2,4H2,(H2,14,16,17,18). The zero-order chi connectivity index (χ0) is 12.9. The Hall–Kier alpha value is -2.14. The molecule has 3 N–H and O–H groups in total. The SMILES string of the molecule is O=C1NC(=O)C(c2ccc3c(c2)CCC3O)=C1O. The lowest BCUT2D eigenvalue weighted by Gasteiger charge is -2.06. The topological polar surface area (TPSA) is 86.6 Å². The van der Waals surface area contributed by atoms with Crippen molar-refractivity contribution in [1.29, 1.82) is 0 Å². The van der Waals surface area contributed by atoms with Crippen molar-refractivity contribution < 1.29 is 19.8 Å². The minimum Gasteiger partial charge on any atom is -0.502 e. The van der Waals surface area contributed by atoms with Gasteiger partial charge in [-0.1, -0.05) is 18.2 Å². The van der Waals surface area contributed by atoms with Crippen molar-refractivity contribution in [3.8, 4) is 0 Å². The molecule has 2 amide bonds. The van der Waals surface area contributed by atoms with E-state index >= 15 is 0 Å². The molecule has 0 saturated carbocycles. The Balaban J connectivity index is 2.10. The molecule has 1 heterocycles. The van der Waals surface area contributed by atoms with E-state index < -0.39 is 23.7 Å². The predicted molar refractivity (Wildman–Crippen MR) is 62.4 cm³/mol. The van der Waals surface area contributed by atoms with Crippen LogP contribution in [-0.2, 0) is 16.0 Å². The fraction of sp³-hybridized carbons (Fsp3) is 0.231. The van der Waals surface area contributed by atoms with Gasteiger partial charge in [-0.25, -0.2) is 0 Å². The third kappa shape index (κ3) is 1.44. The maximum atomic E-state index is 11.6. The number of amides is 2. The average Bonchev–Trinajstić information content (AvgIpc) is 2.81. The summed E-state index contributed by atoms with van der Waals surface area (Å²) in [5.41, 5.74) is 2.31. The zero-order valence-electron chi connectivity index (χ0n) is 9.43. The van der Waals surface area contributed by atoms with Gasteiger partial charge in [0, 0.05) is 0 Å². The second-order valence-corrected chi connectivity index (χ2v) is 4.47. The number of benzene rings is 1. The minimum atomic E-state index is -0.768. The van der Waals surface area contributed by atoms with Crippen LogP contribution >= 0.6 is 0 Å². The molecule has 0 bridgehead atoms. The molecule has 1 unspecified atom stereocenters. The highest BCUT2D eigenvalue weighted by molar-refractivity contribution is 6.35. The lowest BCUT2D eigenvalue weighted by molar-refractivity contribution is -0.124. The Morgan fingerprint density at radius 1 is 1.22 bits per heavy atom. The van der Waals surface area contributed by atoms with Gasteiger partial charge in [0.05, 0.1) is 11.7 Å². The van der Waals surface area contributed by atoms with Crippen molar-refractivity contribution in [3.05, 3.63) is 40.6 Å². The fourth-order valence-electron chi connectivity index (χ4n) is 2.46. The minimum absolute atomic E-state index is 0.00388. The van der Waals surface area contributed by atoms with Gasteiger partial charge in [0.25, 0.3) is 11.8 Å². The lowest BCUT2D eigenvalue weighted by atomic mass is 10.00. The van der Waals surface area contributed by atoms with E-state index in [2.05, 4.69) is 0 Å². The molecule has 1 aromatic carbocycles. The van der Waals surface area contributed by atoms with Crippen molar-refractivity contribution in [2.75, 3.05) is 0 Å². The number of aliphatic hydroxyl groups excluding tert-OH is 2. The summed E-state index contributed by atoms with van der Waals surface area (Å²) in [5.74, 6) is -1.90. The van der Waals surface area contributed by atoms with E-state index in [1.807, 2.05) is 5.32 Å². The van der Waals surface area contributed by atoms with E-state index in [1.165, 1.54) is 0 Å². The number of nitrogens with one attached hydrogen (secondary N) is 1. The second kappa shape index (κ2) is 3.68. The third-order valence-electron chi connectivity index (χ3n) is 3.38. The number of carbonyl (C=O) groups excluding carboxylic acids is 2. The number of imide groups is 1. The van der Waals surface area contributed by atoms with E-state index in [9.17, 15) is 19.8 Å². The van der Waals surface area contributed by atoms with E-state index in [-0.39, 0.29) is 5.57 Å². The lowest BCUT2D eigenvalue weighted by Crippen LogP contribution is -2.22. The van der Waals surface area contributed by atoms with Crippen LogP contribution in [0.2, 0.25) is 0 Å². The molecule has 0 fully saturated rings. The van der Waals surface area contributed by atoms with Gasteiger partial charge in [-0.2, -0.15) is 0 Å². The molecular formula is C13H11NO4. The van der Waals surface area contributed by atoms with Gasteiger partial charge in [0.2, 0.25) is 0 Å². The Bertz CT molecular complexity index is 603. The Morgan fingerprint density at radius 3 is 2.67 bits per heavy atom. The van der Waals surface area contributed by atoms with Gasteiger partial charge in [-0.3, -0.25) is 14.9 Å². The third-order valence-corrected chi connectivity index (χ3v) is 3.38. The molecule has 2 aliphatic rings. The van der Waals surface area contributed by atoms with E-state index in [1.54, 1.807) is 18.2 Å². The van der Waals surface area contributed by atoms with Crippen molar-refractivity contribution in [2.24, 2.45) is 0 Å². The highest BCUT2D eigenvalue weighted by atomic mass is 16.3. The summed E-state index contributed by atoms with van der Waals surface area (Å²) in [4.78, 5) is 22.7. The van der Waals surface area contributed by atoms with E-state index in [0.717, 1.165) is 17.5 Å². The maximum absolute atomic E-state index is 11.6. The molecule has 1 aromatic rings. The molecule has 0 spiro atoms. The molecule has 3 rings (SSSR count). The monoisotopic (exact) mass is 245 g/mol. The van der Waals surface area contributed by atoms with Crippen LogP contribution in [0.25, 0.3) is 5.57 Å². The summed E-state index contributed by atoms with van der Waals surface area (Å²) >= 11 is 0. The van der Waals surface area contributed by atoms with Crippen LogP contribution in [0, 0.1) is 0 Å². The first-order chi connectivity index (χ1) is 8.58. The van der Waals surface area contributed by atoms with Crippen molar-refractivity contribution in [2.45, 2.75) is 18.9 Å². The molecule has 5 nitrogen and oxygen atoms in total. The summed E-state index contributed by atoms with van der Waals surface area (Å²) in [6.07, 6.45) is 0.929. The molecule has 1 aliphatic heterocycles. The first-order valence-corrected chi connectivity index (χ1v) is 5.68. The van der Waals surface area contributed by atoms with Crippen LogP contribution in [0.1, 0.15) is 29.2 Å². The Labute approximate surface area is 103 Å². The maximum Gasteiger partial charge on any atom is 0.293 e. The van der Waals surface area contributed by atoms with Crippen molar-refractivity contribution in [3.63, 3.8) is 0 Å². The first-order valence-electron chi connectivity index (χ1n) is 5.68. The van der Waals surface area contributed by atoms with Crippen molar-refractivity contribution >= 4 is 17.4 Å². The quantitative estimate of drug-likeness (QED) is 0.632. The van der Waals surface area contributed by atoms with Crippen LogP contribution in [0.15, 0.2) is 24.0 Å². The van der Waals surface area contributed by atoms with Crippen LogP contribution in [-0.4, -0.2) is 22.0 Å². The molecule has 92 valence electrons.